The second-order valence-electron chi connectivity index (χ2n) is 6.18. The van der Waals surface area contributed by atoms with Crippen molar-refractivity contribution in [1.29, 1.82) is 0 Å². The van der Waals surface area contributed by atoms with Gasteiger partial charge in [-0.25, -0.2) is 0 Å². The molecule has 92 valence electrons. The van der Waals surface area contributed by atoms with Crippen molar-refractivity contribution in [3.8, 4) is 0 Å². The minimum Gasteiger partial charge on any atom is -0.390 e. The summed E-state index contributed by atoms with van der Waals surface area (Å²) in [5, 5.41) is 10.3. The third-order valence-corrected chi connectivity index (χ3v) is 4.50. The van der Waals surface area contributed by atoms with Gasteiger partial charge in [-0.3, -0.25) is 0 Å². The molecule has 0 radical (unpaired) electrons. The Kier molecular flexibility index (Phi) is 1.74. The Hall–Kier alpha value is -0.300. The van der Waals surface area contributed by atoms with Gasteiger partial charge in [0.2, 0.25) is 0 Å². The predicted octanol–water partition coefficient (Wildman–Crippen LogP) is 3.92. The number of allylic oxidation sites excluding steroid dienone is 1. The second kappa shape index (κ2) is 3.87. The third-order valence-electron chi connectivity index (χ3n) is 4.50. The molecule has 2 aliphatic rings. The molecule has 1 heteroatoms. The third kappa shape index (κ3) is 2.07. The number of rotatable bonds is 1. The molecule has 0 aliphatic heterocycles. The standard InChI is InChI=1S/C15H26O/c1-11-6-5-8-15(4)9-7-12(10-13(11)15)14(2,3)16/h12-13,16H,1,5-10H2,2-4H3/t12-,13-,15+/m1/s1/i1D2,6D2,13D. The topological polar surface area (TPSA) is 20.2 Å². The van der Waals surface area contributed by atoms with E-state index in [-0.39, 0.29) is 17.9 Å². The molecule has 2 fully saturated rings. The Bertz CT molecular complexity index is 463. The SMILES string of the molecule is [2H]C([2H])=C1C([2H])([2H])CC[C@@]2(C)CC[C@@H](C(C)(C)O)C[C@]12[2H]. The second-order valence-corrected chi connectivity index (χ2v) is 6.18. The van der Waals surface area contributed by atoms with Gasteiger partial charge < -0.3 is 5.11 Å². The first-order chi connectivity index (χ1) is 9.33. The number of aliphatic hydroxyl groups is 1. The molecule has 0 unspecified atom stereocenters. The summed E-state index contributed by atoms with van der Waals surface area (Å²) >= 11 is 0. The van der Waals surface area contributed by atoms with E-state index in [1.54, 1.807) is 13.8 Å². The molecule has 0 aromatic rings. The molecule has 2 rings (SSSR count). The van der Waals surface area contributed by atoms with Gasteiger partial charge in [0.1, 0.15) is 0 Å². The van der Waals surface area contributed by atoms with Crippen molar-refractivity contribution >= 4 is 0 Å². The number of hydrogen-bond acceptors (Lipinski definition) is 1. The van der Waals surface area contributed by atoms with Gasteiger partial charge >= 0.3 is 0 Å². The van der Waals surface area contributed by atoms with Crippen molar-refractivity contribution in [1.82, 2.24) is 0 Å². The van der Waals surface area contributed by atoms with Gasteiger partial charge in [-0.05, 0) is 69.6 Å². The lowest BCUT2D eigenvalue weighted by Crippen LogP contribution is -2.43. The zero-order valence-electron chi connectivity index (χ0n) is 15.6. The van der Waals surface area contributed by atoms with Crippen LogP contribution in [0.15, 0.2) is 12.1 Å². The fourth-order valence-corrected chi connectivity index (χ4v) is 3.09. The summed E-state index contributed by atoms with van der Waals surface area (Å²) in [6.45, 7) is 4.88. The van der Waals surface area contributed by atoms with Crippen molar-refractivity contribution in [3.63, 3.8) is 0 Å². The molecule has 0 heterocycles. The average Bonchev–Trinajstić information content (AvgIpc) is 2.27. The molecular weight excluding hydrogens is 196 g/mol. The van der Waals surface area contributed by atoms with Crippen molar-refractivity contribution in [2.45, 2.75) is 64.8 Å². The van der Waals surface area contributed by atoms with Crippen LogP contribution >= 0.6 is 0 Å². The lowest BCUT2D eigenvalue weighted by Gasteiger charge is -2.50. The lowest BCUT2D eigenvalue weighted by molar-refractivity contribution is -0.0406. The average molecular weight is 227 g/mol. The molecule has 1 nitrogen and oxygen atoms in total. The monoisotopic (exact) mass is 227 g/mol. The van der Waals surface area contributed by atoms with Crippen LogP contribution in [0.1, 0.15) is 66.1 Å². The van der Waals surface area contributed by atoms with E-state index in [2.05, 4.69) is 0 Å². The molecule has 0 aromatic carbocycles. The van der Waals surface area contributed by atoms with E-state index in [4.69, 9.17) is 6.85 Å². The van der Waals surface area contributed by atoms with Crippen LogP contribution in [0.2, 0.25) is 0 Å². The van der Waals surface area contributed by atoms with E-state index in [1.165, 1.54) is 0 Å². The van der Waals surface area contributed by atoms with E-state index in [0.29, 0.717) is 12.8 Å². The zero-order chi connectivity index (χ0) is 16.3. The summed E-state index contributed by atoms with van der Waals surface area (Å²) in [5.41, 5.74) is -1.32. The Balaban J connectivity index is 2.52. The Morgan fingerprint density at radius 1 is 1.62 bits per heavy atom. The van der Waals surface area contributed by atoms with Crippen LogP contribution in [0, 0.1) is 17.2 Å². The van der Waals surface area contributed by atoms with Crippen LogP contribution in [0.3, 0.4) is 0 Å². The van der Waals surface area contributed by atoms with E-state index in [9.17, 15) is 5.11 Å². The van der Waals surface area contributed by atoms with Gasteiger partial charge in [-0.1, -0.05) is 19.0 Å². The van der Waals surface area contributed by atoms with E-state index < -0.39 is 29.8 Å². The summed E-state index contributed by atoms with van der Waals surface area (Å²) < 4.78 is 40.7. The van der Waals surface area contributed by atoms with Crippen LogP contribution < -0.4 is 0 Å². The fourth-order valence-electron chi connectivity index (χ4n) is 3.09. The molecule has 2 saturated carbocycles. The zero-order valence-corrected chi connectivity index (χ0v) is 10.6. The maximum atomic E-state index is 10.3. The Morgan fingerprint density at radius 3 is 3.00 bits per heavy atom. The Morgan fingerprint density at radius 2 is 2.38 bits per heavy atom. The quantitative estimate of drug-likeness (QED) is 0.673. The molecule has 16 heavy (non-hydrogen) atoms. The van der Waals surface area contributed by atoms with Gasteiger partial charge in [0.25, 0.3) is 0 Å². The molecule has 0 aromatic heterocycles. The molecule has 0 bridgehead atoms. The minimum atomic E-state index is -1.76. The normalized spacial score (nSPS) is 52.6. The van der Waals surface area contributed by atoms with Crippen molar-refractivity contribution in [2.75, 3.05) is 0 Å². The smallest absolute Gasteiger partial charge is 0.0620 e. The van der Waals surface area contributed by atoms with Gasteiger partial charge in [0, 0.05) is 4.11 Å². The van der Waals surface area contributed by atoms with Crippen molar-refractivity contribution < 1.29 is 12.0 Å². The van der Waals surface area contributed by atoms with E-state index >= 15 is 0 Å². The van der Waals surface area contributed by atoms with Gasteiger partial charge in [0.05, 0.1) is 8.34 Å². The van der Waals surface area contributed by atoms with E-state index in [1.807, 2.05) is 6.92 Å². The maximum Gasteiger partial charge on any atom is 0.0620 e. The molecule has 2 aliphatic carbocycles. The highest BCUT2D eigenvalue weighted by Gasteiger charge is 2.45. The first-order valence-corrected chi connectivity index (χ1v) is 6.24. The summed E-state index contributed by atoms with van der Waals surface area (Å²) in [7, 11) is 0. The van der Waals surface area contributed by atoms with Crippen molar-refractivity contribution in [2.24, 2.45) is 17.2 Å². The fraction of sp³-hybridized carbons (Fsp3) is 0.867. The van der Waals surface area contributed by atoms with Crippen molar-refractivity contribution in [3.05, 3.63) is 12.1 Å². The van der Waals surface area contributed by atoms with Crippen LogP contribution in [0.5, 0.6) is 0 Å². The van der Waals surface area contributed by atoms with Crippen LogP contribution in [0.25, 0.3) is 0 Å². The largest absolute Gasteiger partial charge is 0.390 e. The maximum absolute atomic E-state index is 10.3. The summed E-state index contributed by atoms with van der Waals surface area (Å²) in [6, 6.07) is 0. The summed E-state index contributed by atoms with van der Waals surface area (Å²) in [5.74, 6) is -1.37. The highest BCUT2D eigenvalue weighted by Crippen LogP contribution is 2.54. The number of hydrogen-bond donors (Lipinski definition) is 1. The molecule has 1 N–H and O–H groups in total. The molecule has 0 saturated heterocycles. The van der Waals surface area contributed by atoms with Gasteiger partial charge in [-0.15, -0.1) is 0 Å². The highest BCUT2D eigenvalue weighted by molar-refractivity contribution is 5.13. The summed E-state index contributed by atoms with van der Waals surface area (Å²) in [6.07, 6.45) is 0.970. The lowest BCUT2D eigenvalue weighted by atomic mass is 9.55. The van der Waals surface area contributed by atoms with E-state index in [0.717, 1.165) is 12.8 Å². The van der Waals surface area contributed by atoms with Crippen LogP contribution in [-0.4, -0.2) is 10.7 Å². The molecular formula is C15H26O. The van der Waals surface area contributed by atoms with Crippen LogP contribution in [-0.2, 0) is 0 Å². The molecule has 0 spiro atoms. The first kappa shape index (κ1) is 7.20. The predicted molar refractivity (Wildman–Crippen MR) is 68.2 cm³/mol. The minimum absolute atomic E-state index is 0.0118. The van der Waals surface area contributed by atoms with Gasteiger partial charge in [0.15, 0.2) is 0 Å². The van der Waals surface area contributed by atoms with Gasteiger partial charge in [-0.2, -0.15) is 0 Å². The molecule has 0 amide bonds. The first-order valence-electron chi connectivity index (χ1n) is 8.74. The summed E-state index contributed by atoms with van der Waals surface area (Å²) in [4.78, 5) is 0. The molecule has 3 atom stereocenters. The highest BCUT2D eigenvalue weighted by atomic mass is 16.3. The van der Waals surface area contributed by atoms with Crippen LogP contribution in [0.4, 0.5) is 0 Å². The Labute approximate surface area is 107 Å². The number of fused-ring (bicyclic) bond motifs is 1.